The highest BCUT2D eigenvalue weighted by Crippen LogP contribution is 2.13. The molecule has 1 rings (SSSR count). The van der Waals surface area contributed by atoms with Gasteiger partial charge in [0.15, 0.2) is 0 Å². The number of hydrogen-bond donors (Lipinski definition) is 2. The van der Waals surface area contributed by atoms with E-state index >= 15 is 0 Å². The van der Waals surface area contributed by atoms with Gasteiger partial charge in [-0.05, 0) is 45.7 Å². The number of carboxylic acids is 1. The fourth-order valence-corrected chi connectivity index (χ4v) is 2.53. The smallest absolute Gasteiger partial charge is 0.320 e. The van der Waals surface area contributed by atoms with Gasteiger partial charge in [-0.25, -0.2) is 0 Å². The second kappa shape index (κ2) is 9.28. The molecule has 5 heteroatoms. The van der Waals surface area contributed by atoms with Gasteiger partial charge in [-0.3, -0.25) is 4.79 Å². The Hall–Kier alpha value is -0.650. The van der Waals surface area contributed by atoms with Gasteiger partial charge in [0.25, 0.3) is 0 Å². The van der Waals surface area contributed by atoms with Crippen LogP contribution < -0.4 is 5.32 Å². The van der Waals surface area contributed by atoms with Gasteiger partial charge < -0.3 is 20.1 Å². The van der Waals surface area contributed by atoms with Crippen LogP contribution in [0, 0.1) is 0 Å². The maximum Gasteiger partial charge on any atom is 0.320 e. The summed E-state index contributed by atoms with van der Waals surface area (Å²) in [5.74, 6) is -0.744. The lowest BCUT2D eigenvalue weighted by atomic mass is 10.1. The molecule has 2 atom stereocenters. The highest BCUT2D eigenvalue weighted by Gasteiger charge is 2.22. The molecule has 5 nitrogen and oxygen atoms in total. The summed E-state index contributed by atoms with van der Waals surface area (Å²) in [4.78, 5) is 13.5. The van der Waals surface area contributed by atoms with Gasteiger partial charge >= 0.3 is 5.97 Å². The predicted molar refractivity (Wildman–Crippen MR) is 75.4 cm³/mol. The topological polar surface area (TPSA) is 61.8 Å². The van der Waals surface area contributed by atoms with E-state index in [1.807, 2.05) is 13.8 Å². The molecule has 2 unspecified atom stereocenters. The summed E-state index contributed by atoms with van der Waals surface area (Å²) in [5.41, 5.74) is 0. The number of nitrogens with one attached hydrogen (secondary N) is 1. The Bertz CT molecular complexity index is 259. The Balaban J connectivity index is 2.30. The maximum atomic E-state index is 11.1. The van der Waals surface area contributed by atoms with E-state index in [0.717, 1.165) is 52.0 Å². The summed E-state index contributed by atoms with van der Waals surface area (Å²) in [5, 5.41) is 12.2. The number of carbonyl (C=O) groups is 1. The number of likely N-dealkylation sites (tertiary alicyclic amines) is 1. The Labute approximate surface area is 116 Å². The van der Waals surface area contributed by atoms with Crippen LogP contribution in [0.25, 0.3) is 0 Å². The largest absolute Gasteiger partial charge is 0.480 e. The normalized spacial score (nSPS) is 22.3. The van der Waals surface area contributed by atoms with E-state index in [1.54, 1.807) is 0 Å². The van der Waals surface area contributed by atoms with Crippen molar-refractivity contribution in [1.29, 1.82) is 0 Å². The summed E-state index contributed by atoms with van der Waals surface area (Å²) in [6, 6.07) is -0.424. The van der Waals surface area contributed by atoms with Crippen LogP contribution in [-0.4, -0.2) is 60.9 Å². The third-order valence-electron chi connectivity index (χ3n) is 3.54. The van der Waals surface area contributed by atoms with Gasteiger partial charge in [-0.2, -0.15) is 0 Å². The Morgan fingerprint density at radius 2 is 2.32 bits per heavy atom. The second-order valence-electron chi connectivity index (χ2n) is 5.15. The van der Waals surface area contributed by atoms with E-state index in [2.05, 4.69) is 10.2 Å². The summed E-state index contributed by atoms with van der Waals surface area (Å²) in [6.07, 6.45) is 4.21. The highest BCUT2D eigenvalue weighted by molar-refractivity contribution is 5.73. The Morgan fingerprint density at radius 3 is 2.95 bits per heavy atom. The number of hydrogen-bond acceptors (Lipinski definition) is 4. The molecule has 1 heterocycles. The van der Waals surface area contributed by atoms with Crippen LogP contribution in [0.5, 0.6) is 0 Å². The van der Waals surface area contributed by atoms with Gasteiger partial charge in [0.1, 0.15) is 6.04 Å². The molecule has 0 aromatic rings. The van der Waals surface area contributed by atoms with Crippen LogP contribution >= 0.6 is 0 Å². The number of ether oxygens (including phenoxy) is 1. The van der Waals surface area contributed by atoms with Crippen LogP contribution in [0.15, 0.2) is 0 Å². The minimum absolute atomic E-state index is 0.325. The van der Waals surface area contributed by atoms with Gasteiger partial charge in [-0.15, -0.1) is 0 Å². The fraction of sp³-hybridized carbons (Fsp3) is 0.929. The molecular formula is C14H28N2O3. The second-order valence-corrected chi connectivity index (χ2v) is 5.15. The van der Waals surface area contributed by atoms with Crippen molar-refractivity contribution in [3.05, 3.63) is 0 Å². The fourth-order valence-electron chi connectivity index (χ4n) is 2.53. The van der Waals surface area contributed by atoms with Crippen molar-refractivity contribution >= 4 is 5.97 Å². The Kier molecular flexibility index (Phi) is 8.02. The standard InChI is InChI=1S/C14H28N2O3/c1-3-8-15-13(14(17)18)7-10-16-9-5-6-12(11-16)19-4-2/h12-13,15H,3-11H2,1-2H3,(H,17,18). The molecule has 0 radical (unpaired) electrons. The van der Waals surface area contributed by atoms with Crippen molar-refractivity contribution in [2.75, 3.05) is 32.8 Å². The van der Waals surface area contributed by atoms with Crippen LogP contribution in [-0.2, 0) is 9.53 Å². The molecule has 0 bridgehead atoms. The number of carboxylic acid groups (broad SMARTS) is 1. The van der Waals surface area contributed by atoms with Crippen molar-refractivity contribution in [3.63, 3.8) is 0 Å². The van der Waals surface area contributed by atoms with E-state index in [1.165, 1.54) is 0 Å². The minimum atomic E-state index is -0.744. The predicted octanol–water partition coefficient (Wildman–Crippen LogP) is 1.33. The third kappa shape index (κ3) is 6.36. The van der Waals surface area contributed by atoms with E-state index in [9.17, 15) is 4.79 Å². The quantitative estimate of drug-likeness (QED) is 0.663. The number of nitrogens with zero attached hydrogens (tertiary/aromatic N) is 1. The molecular weight excluding hydrogens is 244 g/mol. The number of piperidine rings is 1. The monoisotopic (exact) mass is 272 g/mol. The van der Waals surface area contributed by atoms with Crippen LogP contribution in [0.4, 0.5) is 0 Å². The maximum absolute atomic E-state index is 11.1. The first-order valence-corrected chi connectivity index (χ1v) is 7.47. The van der Waals surface area contributed by atoms with Gasteiger partial charge in [0.05, 0.1) is 6.10 Å². The molecule has 1 aliphatic rings. The number of rotatable bonds is 9. The lowest BCUT2D eigenvalue weighted by molar-refractivity contribution is -0.139. The van der Waals surface area contributed by atoms with Gasteiger partial charge in [-0.1, -0.05) is 6.92 Å². The minimum Gasteiger partial charge on any atom is -0.480 e. The zero-order chi connectivity index (χ0) is 14.1. The third-order valence-corrected chi connectivity index (χ3v) is 3.54. The van der Waals surface area contributed by atoms with Gasteiger partial charge in [0, 0.05) is 19.7 Å². The van der Waals surface area contributed by atoms with Crippen molar-refractivity contribution < 1.29 is 14.6 Å². The molecule has 19 heavy (non-hydrogen) atoms. The van der Waals surface area contributed by atoms with E-state index in [0.29, 0.717) is 12.5 Å². The van der Waals surface area contributed by atoms with E-state index in [-0.39, 0.29) is 0 Å². The van der Waals surface area contributed by atoms with Crippen molar-refractivity contribution in [2.24, 2.45) is 0 Å². The summed E-state index contributed by atoms with van der Waals surface area (Å²) >= 11 is 0. The molecule has 0 aromatic carbocycles. The Morgan fingerprint density at radius 1 is 1.53 bits per heavy atom. The molecule has 0 amide bonds. The number of aliphatic carboxylic acids is 1. The van der Waals surface area contributed by atoms with Crippen LogP contribution in [0.3, 0.4) is 0 Å². The molecule has 2 N–H and O–H groups in total. The average molecular weight is 272 g/mol. The first-order chi connectivity index (χ1) is 9.17. The molecule has 0 spiro atoms. The first-order valence-electron chi connectivity index (χ1n) is 7.47. The van der Waals surface area contributed by atoms with Crippen molar-refractivity contribution in [3.8, 4) is 0 Å². The zero-order valence-electron chi connectivity index (χ0n) is 12.2. The molecule has 1 fully saturated rings. The van der Waals surface area contributed by atoms with Crippen molar-refractivity contribution in [1.82, 2.24) is 10.2 Å². The highest BCUT2D eigenvalue weighted by atomic mass is 16.5. The van der Waals surface area contributed by atoms with Crippen molar-refractivity contribution in [2.45, 2.75) is 51.7 Å². The lowest BCUT2D eigenvalue weighted by Gasteiger charge is -2.33. The lowest BCUT2D eigenvalue weighted by Crippen LogP contribution is -2.44. The molecule has 1 aliphatic heterocycles. The van der Waals surface area contributed by atoms with Crippen LogP contribution in [0.1, 0.15) is 39.5 Å². The van der Waals surface area contributed by atoms with Gasteiger partial charge in [0.2, 0.25) is 0 Å². The first kappa shape index (κ1) is 16.4. The zero-order valence-corrected chi connectivity index (χ0v) is 12.2. The SMILES string of the molecule is CCCNC(CCN1CCCC(OCC)C1)C(=O)O. The van der Waals surface area contributed by atoms with E-state index in [4.69, 9.17) is 9.84 Å². The molecule has 0 aromatic heterocycles. The summed E-state index contributed by atoms with van der Waals surface area (Å²) < 4.78 is 5.66. The van der Waals surface area contributed by atoms with Crippen LogP contribution in [0.2, 0.25) is 0 Å². The molecule has 0 aliphatic carbocycles. The molecule has 112 valence electrons. The molecule has 0 saturated carbocycles. The average Bonchev–Trinajstić information content (AvgIpc) is 2.39. The summed E-state index contributed by atoms with van der Waals surface area (Å²) in [7, 11) is 0. The summed E-state index contributed by atoms with van der Waals surface area (Å²) in [6.45, 7) is 8.42. The molecule has 1 saturated heterocycles. The van der Waals surface area contributed by atoms with E-state index < -0.39 is 12.0 Å².